The highest BCUT2D eigenvalue weighted by atomic mass is 35.5. The van der Waals surface area contributed by atoms with E-state index in [1.165, 1.54) is 88.5 Å². The Morgan fingerprint density at radius 3 is 1.00 bits per heavy atom. The number of rotatable bonds is 13. The van der Waals surface area contributed by atoms with Crippen LogP contribution in [0.4, 0.5) is 0 Å². The first-order valence-corrected chi connectivity index (χ1v) is 39.7. The smallest absolute Gasteiger partial charge is 0.164 e. The lowest BCUT2D eigenvalue weighted by atomic mass is 9.96. The maximum absolute atomic E-state index is 6.14. The number of para-hydroxylation sites is 3. The fourth-order valence-corrected chi connectivity index (χ4v) is 16.8. The van der Waals surface area contributed by atoms with Gasteiger partial charge in [0.15, 0.2) is 34.9 Å². The maximum Gasteiger partial charge on any atom is 0.164 e. The van der Waals surface area contributed by atoms with E-state index < -0.39 is 0 Å². The minimum atomic E-state index is 0.607. The fourth-order valence-electron chi connectivity index (χ4n) is 16.6. The summed E-state index contributed by atoms with van der Waals surface area (Å²) in [6.07, 6.45) is 0.960. The Hall–Kier alpha value is -15.3. The molecule has 0 fully saturated rings. The zero-order valence-electron chi connectivity index (χ0n) is 63.5. The molecule has 0 radical (unpaired) electrons. The maximum atomic E-state index is 6.14. The van der Waals surface area contributed by atoms with Crippen LogP contribution in [0.25, 0.3) is 185 Å². The number of nitrogens with zero attached hydrogens (tertiary/aromatic N) is 9. The van der Waals surface area contributed by atoms with Gasteiger partial charge in [-0.25, -0.2) is 29.9 Å². The first kappa shape index (κ1) is 70.8. The first-order chi connectivity index (χ1) is 58.0. The van der Waals surface area contributed by atoms with E-state index in [0.717, 1.165) is 79.0 Å². The molecule has 0 amide bonds. The molecular formula is C107H72ClN9. The molecule has 0 saturated carbocycles. The van der Waals surface area contributed by atoms with Gasteiger partial charge in [0.1, 0.15) is 0 Å². The van der Waals surface area contributed by atoms with Crippen LogP contribution in [0.1, 0.15) is 11.1 Å². The van der Waals surface area contributed by atoms with Crippen LogP contribution in [-0.2, 0) is 6.42 Å². The van der Waals surface area contributed by atoms with Crippen LogP contribution in [0.2, 0.25) is 5.02 Å². The molecule has 5 heterocycles. The Balaban J connectivity index is 0.000000126. The predicted molar refractivity (Wildman–Crippen MR) is 482 cm³/mol. The minimum Gasteiger partial charge on any atom is -0.308 e. The Kier molecular flexibility index (Phi) is 19.0. The van der Waals surface area contributed by atoms with Gasteiger partial charge in [0.25, 0.3) is 0 Å². The van der Waals surface area contributed by atoms with Gasteiger partial charge in [-0.2, -0.15) is 0 Å². The highest BCUT2D eigenvalue weighted by Crippen LogP contribution is 2.51. The van der Waals surface area contributed by atoms with Crippen molar-refractivity contribution < 1.29 is 0 Å². The number of hydrogen-bond acceptors (Lipinski definition) is 6. The Morgan fingerprint density at radius 2 is 0.538 bits per heavy atom. The number of halogens is 1. The summed E-state index contributed by atoms with van der Waals surface area (Å²) in [5, 5.41) is 5.51. The second-order valence-corrected chi connectivity index (χ2v) is 29.4. The third kappa shape index (κ3) is 13.6. The van der Waals surface area contributed by atoms with Gasteiger partial charge in [0.2, 0.25) is 0 Å². The van der Waals surface area contributed by atoms with E-state index in [4.69, 9.17) is 26.6 Å². The molecule has 21 aromatic rings. The van der Waals surface area contributed by atoms with Crippen molar-refractivity contribution in [2.45, 2.75) is 6.42 Å². The molecule has 16 aromatic carbocycles. The third-order valence-electron chi connectivity index (χ3n) is 21.8. The molecule has 0 spiro atoms. The molecule has 0 bridgehead atoms. The average molecular weight is 1520 g/mol. The zero-order valence-corrected chi connectivity index (χ0v) is 64.3. The van der Waals surface area contributed by atoms with Crippen LogP contribution >= 0.6 is 11.6 Å². The van der Waals surface area contributed by atoms with Crippen LogP contribution in [0.5, 0.6) is 0 Å². The number of fused-ring (bicyclic) bond motifs is 10. The second kappa shape index (κ2) is 31.4. The second-order valence-electron chi connectivity index (χ2n) is 28.9. The fraction of sp³-hybridized carbons (Fsp3) is 0.00935. The van der Waals surface area contributed by atoms with E-state index in [1.54, 1.807) is 0 Å². The van der Waals surface area contributed by atoms with Gasteiger partial charge >= 0.3 is 0 Å². The predicted octanol–water partition coefficient (Wildman–Crippen LogP) is 27.3. The Bertz CT molecular complexity index is 7050. The van der Waals surface area contributed by atoms with Crippen molar-refractivity contribution in [1.29, 1.82) is 0 Å². The number of hydrogen-bond donors (Lipinski definition) is 0. The number of benzene rings is 16. The molecule has 1 aliphatic rings. The topological polar surface area (TPSA) is 92.1 Å². The molecule has 117 heavy (non-hydrogen) atoms. The first-order valence-electron chi connectivity index (χ1n) is 39.3. The molecule has 552 valence electrons. The summed E-state index contributed by atoms with van der Waals surface area (Å²) in [7, 11) is 0. The van der Waals surface area contributed by atoms with Gasteiger partial charge in [-0.15, -0.1) is 0 Å². The quantitative estimate of drug-likeness (QED) is 0.114. The summed E-state index contributed by atoms with van der Waals surface area (Å²) < 4.78 is 7.40. The summed E-state index contributed by atoms with van der Waals surface area (Å²) in [6, 6.07) is 148. The van der Waals surface area contributed by atoms with Crippen LogP contribution in [-0.4, -0.2) is 43.6 Å². The third-order valence-corrected chi connectivity index (χ3v) is 22.0. The van der Waals surface area contributed by atoms with Crippen LogP contribution in [0.3, 0.4) is 0 Å². The molecule has 0 unspecified atom stereocenters. The summed E-state index contributed by atoms with van der Waals surface area (Å²) in [5.41, 5.74) is 28.8. The zero-order chi connectivity index (χ0) is 78.0. The molecule has 0 aliphatic heterocycles. The van der Waals surface area contributed by atoms with Crippen molar-refractivity contribution in [2.75, 3.05) is 0 Å². The van der Waals surface area contributed by atoms with Gasteiger partial charge in [0, 0.05) is 94.6 Å². The van der Waals surface area contributed by atoms with Crippen molar-refractivity contribution in [3.63, 3.8) is 0 Å². The molecule has 22 rings (SSSR count). The molecule has 0 saturated heterocycles. The summed E-state index contributed by atoms with van der Waals surface area (Å²) in [5.74, 6) is 3.78. The van der Waals surface area contributed by atoms with Gasteiger partial charge in [0.05, 0.1) is 33.5 Å². The van der Waals surface area contributed by atoms with E-state index in [2.05, 4.69) is 308 Å². The molecular weight excluding hydrogens is 1450 g/mol. The van der Waals surface area contributed by atoms with Crippen LogP contribution in [0, 0.1) is 0 Å². The molecule has 0 N–H and O–H groups in total. The lowest BCUT2D eigenvalue weighted by Crippen LogP contribution is -2.02. The number of aromatic nitrogens is 9. The van der Waals surface area contributed by atoms with Crippen molar-refractivity contribution in [3.8, 4) is 141 Å². The summed E-state index contributed by atoms with van der Waals surface area (Å²) in [4.78, 5) is 29.1. The van der Waals surface area contributed by atoms with Crippen molar-refractivity contribution in [2.24, 2.45) is 0 Å². The monoisotopic (exact) mass is 1520 g/mol. The minimum absolute atomic E-state index is 0.607. The van der Waals surface area contributed by atoms with Crippen molar-refractivity contribution in [3.05, 3.63) is 441 Å². The molecule has 0 atom stereocenters. The van der Waals surface area contributed by atoms with Gasteiger partial charge in [-0.3, -0.25) is 0 Å². The molecule has 10 heteroatoms. The highest BCUT2D eigenvalue weighted by molar-refractivity contribution is 6.31. The lowest BCUT2D eigenvalue weighted by Gasteiger charge is -2.15. The van der Waals surface area contributed by atoms with E-state index >= 15 is 0 Å². The van der Waals surface area contributed by atoms with E-state index in [1.807, 2.05) is 146 Å². The Labute approximate surface area is 682 Å². The SMILES string of the molecule is Clc1cccc(-c2nc(-c3ccccc3)nc(-c3ccccc3)n2)c1.c1ccc(-c2c(-c3ccccc3)n(-c3ccccc3)c3c4c(ccc23)-c2ccccc2C4)cc1.c1ccc(-c2nc(-c3ccccc3)nc(-c3cccc(-n4c5ccccc5c5ccc6c(-c7ccccc7)c(-c7ccccc7)n(-c7ccccc7)c6c54)c3)n2)cc1. The van der Waals surface area contributed by atoms with Crippen LogP contribution < -0.4 is 0 Å². The van der Waals surface area contributed by atoms with Crippen LogP contribution in [0.15, 0.2) is 425 Å². The van der Waals surface area contributed by atoms with Gasteiger partial charge in [-0.05, 0) is 99.1 Å². The summed E-state index contributed by atoms with van der Waals surface area (Å²) in [6.45, 7) is 0. The Morgan fingerprint density at radius 1 is 0.214 bits per heavy atom. The van der Waals surface area contributed by atoms with E-state index in [9.17, 15) is 0 Å². The lowest BCUT2D eigenvalue weighted by molar-refractivity contribution is 1.07. The van der Waals surface area contributed by atoms with E-state index in [0.29, 0.717) is 40.0 Å². The normalized spacial score (nSPS) is 11.4. The molecule has 1 aliphatic carbocycles. The standard InChI is InChI=1S/C53H35N5.C33H23N.C21H14ClN3/c1-6-19-36(20-7-1)47-45-34-33-44-43-31-16-17-32-46(43)57(49(44)50(45)58(41-28-14-5-15-29-41)48(47)37-21-8-2-9-22-37)42-30-18-27-40(35-42)53-55-51(38-23-10-3-11-24-38)54-52(56-53)39-25-12-4-13-26-39;1-4-12-23(13-5-1)31-29-21-20-28-27-19-11-10-16-25(27)22-30(28)33(29)34(26-17-8-3-9-18-26)32(31)24-14-6-2-7-15-24;22-18-13-7-12-17(14-18)21-24-19(15-8-3-1-4-9-15)23-20(25-21)16-10-5-2-6-11-16/h1-35H;1-21H,22H2;1-14H. The highest BCUT2D eigenvalue weighted by Gasteiger charge is 2.30. The largest absolute Gasteiger partial charge is 0.308 e. The van der Waals surface area contributed by atoms with Crippen molar-refractivity contribution in [1.82, 2.24) is 43.6 Å². The van der Waals surface area contributed by atoms with E-state index in [-0.39, 0.29) is 0 Å². The van der Waals surface area contributed by atoms with Crippen molar-refractivity contribution >= 4 is 55.2 Å². The molecule has 5 aromatic heterocycles. The summed E-state index contributed by atoms with van der Waals surface area (Å²) >= 11 is 6.14. The van der Waals surface area contributed by atoms with Gasteiger partial charge < -0.3 is 13.7 Å². The molecule has 9 nitrogen and oxygen atoms in total. The average Bonchev–Trinajstić information content (AvgIpc) is 1.54. The van der Waals surface area contributed by atoms with Gasteiger partial charge in [-0.1, -0.05) is 382 Å².